The van der Waals surface area contributed by atoms with E-state index in [9.17, 15) is 9.59 Å². The second-order valence-corrected chi connectivity index (χ2v) is 8.78. The zero-order chi connectivity index (χ0) is 22.3. The van der Waals surface area contributed by atoms with Gasteiger partial charge < -0.3 is 15.0 Å². The second kappa shape index (κ2) is 10.5. The molecule has 0 aliphatic carbocycles. The third-order valence-electron chi connectivity index (χ3n) is 6.19. The summed E-state index contributed by atoms with van der Waals surface area (Å²) in [4.78, 5) is 27.2. The Hall–Kier alpha value is -2.82. The van der Waals surface area contributed by atoms with Gasteiger partial charge in [0, 0.05) is 32.1 Å². The quantitative estimate of drug-likeness (QED) is 0.690. The maximum absolute atomic E-state index is 13.5. The summed E-state index contributed by atoms with van der Waals surface area (Å²) >= 11 is 0. The average Bonchev–Trinajstić information content (AvgIpc) is 2.78. The molecule has 1 heterocycles. The molecule has 1 aliphatic rings. The number of rotatable bonds is 8. The Morgan fingerprint density at radius 2 is 1.68 bits per heavy atom. The van der Waals surface area contributed by atoms with Crippen LogP contribution in [0.2, 0.25) is 0 Å². The summed E-state index contributed by atoms with van der Waals surface area (Å²) < 4.78 is 5.98. The molecule has 0 radical (unpaired) electrons. The zero-order valence-electron chi connectivity index (χ0n) is 18.9. The molecule has 1 aliphatic heterocycles. The van der Waals surface area contributed by atoms with E-state index < -0.39 is 5.41 Å². The van der Waals surface area contributed by atoms with Gasteiger partial charge >= 0.3 is 0 Å². The number of amides is 2. The highest BCUT2D eigenvalue weighted by molar-refractivity contribution is 5.88. The summed E-state index contributed by atoms with van der Waals surface area (Å²) in [6.07, 6.45) is 2.23. The molecule has 0 unspecified atom stereocenters. The van der Waals surface area contributed by atoms with Gasteiger partial charge in [0.05, 0.1) is 12.0 Å². The minimum Gasteiger partial charge on any atom is -0.493 e. The van der Waals surface area contributed by atoms with E-state index in [2.05, 4.69) is 19.2 Å². The van der Waals surface area contributed by atoms with Crippen molar-refractivity contribution in [1.82, 2.24) is 10.2 Å². The molecule has 31 heavy (non-hydrogen) atoms. The lowest BCUT2D eigenvalue weighted by atomic mass is 9.72. The van der Waals surface area contributed by atoms with Crippen LogP contribution < -0.4 is 10.1 Å². The first-order valence-electron chi connectivity index (χ1n) is 11.2. The van der Waals surface area contributed by atoms with E-state index in [1.807, 2.05) is 59.5 Å². The van der Waals surface area contributed by atoms with Gasteiger partial charge in [0.1, 0.15) is 5.75 Å². The smallest absolute Gasteiger partial charge is 0.231 e. The maximum atomic E-state index is 13.5. The Kier molecular flexibility index (Phi) is 7.72. The van der Waals surface area contributed by atoms with Crippen molar-refractivity contribution in [2.24, 2.45) is 5.92 Å². The van der Waals surface area contributed by atoms with Crippen LogP contribution >= 0.6 is 0 Å². The lowest BCUT2D eigenvalue weighted by Gasteiger charge is -2.40. The number of carbonyl (C=O) groups excluding carboxylic acids is 2. The SMILES string of the molecule is CC(=O)N1CCC(C(=O)NCc2ccccc2OCCC(C)C)(c2ccccc2)CC1. The van der Waals surface area contributed by atoms with Crippen LogP contribution in [0.5, 0.6) is 5.75 Å². The monoisotopic (exact) mass is 422 g/mol. The molecule has 0 bridgehead atoms. The molecule has 5 nitrogen and oxygen atoms in total. The van der Waals surface area contributed by atoms with Gasteiger partial charge in [-0.1, -0.05) is 62.4 Å². The third-order valence-corrected chi connectivity index (χ3v) is 6.19. The van der Waals surface area contributed by atoms with Crippen LogP contribution in [0.1, 0.15) is 51.2 Å². The highest BCUT2D eigenvalue weighted by Crippen LogP contribution is 2.36. The fourth-order valence-corrected chi connectivity index (χ4v) is 4.15. The normalized spacial score (nSPS) is 15.5. The van der Waals surface area contributed by atoms with Gasteiger partial charge in [0.25, 0.3) is 0 Å². The molecule has 2 aromatic rings. The molecule has 2 aromatic carbocycles. The van der Waals surface area contributed by atoms with Crippen molar-refractivity contribution < 1.29 is 14.3 Å². The molecule has 0 aromatic heterocycles. The third kappa shape index (κ3) is 5.66. The molecular formula is C26H34N2O3. The predicted octanol–water partition coefficient (Wildman–Crippen LogP) is 4.31. The van der Waals surface area contributed by atoms with Crippen LogP contribution in [0, 0.1) is 5.92 Å². The summed E-state index contributed by atoms with van der Waals surface area (Å²) in [6.45, 7) is 8.20. The van der Waals surface area contributed by atoms with E-state index >= 15 is 0 Å². The first-order chi connectivity index (χ1) is 14.9. The molecule has 1 saturated heterocycles. The van der Waals surface area contributed by atoms with Gasteiger partial charge in [-0.05, 0) is 36.8 Å². The zero-order valence-corrected chi connectivity index (χ0v) is 18.9. The summed E-state index contributed by atoms with van der Waals surface area (Å²) in [5.41, 5.74) is 1.36. The average molecular weight is 423 g/mol. The van der Waals surface area contributed by atoms with E-state index in [0.29, 0.717) is 45.0 Å². The van der Waals surface area contributed by atoms with Gasteiger partial charge in [-0.3, -0.25) is 9.59 Å². The summed E-state index contributed by atoms with van der Waals surface area (Å²) in [5, 5.41) is 3.17. The number of piperidine rings is 1. The van der Waals surface area contributed by atoms with Crippen molar-refractivity contribution in [3.63, 3.8) is 0 Å². The molecular weight excluding hydrogens is 388 g/mol. The number of likely N-dealkylation sites (tertiary alicyclic amines) is 1. The largest absolute Gasteiger partial charge is 0.493 e. The lowest BCUT2D eigenvalue weighted by Crippen LogP contribution is -2.52. The highest BCUT2D eigenvalue weighted by atomic mass is 16.5. The minimum atomic E-state index is -0.624. The fraction of sp³-hybridized carbons (Fsp3) is 0.462. The molecule has 5 heteroatoms. The second-order valence-electron chi connectivity index (χ2n) is 8.78. The molecule has 1 N–H and O–H groups in total. The van der Waals surface area contributed by atoms with Gasteiger partial charge in [0.2, 0.25) is 11.8 Å². The Labute approximate surface area is 185 Å². The first-order valence-corrected chi connectivity index (χ1v) is 11.2. The van der Waals surface area contributed by atoms with Crippen LogP contribution in [-0.2, 0) is 21.5 Å². The number of para-hydroxylation sites is 1. The number of nitrogens with one attached hydrogen (secondary N) is 1. The number of benzene rings is 2. The number of ether oxygens (including phenoxy) is 1. The Morgan fingerprint density at radius 1 is 1.03 bits per heavy atom. The maximum Gasteiger partial charge on any atom is 0.231 e. The Bertz CT molecular complexity index is 871. The standard InChI is InChI=1S/C26H34N2O3/c1-20(2)13-18-31-24-12-8-7-9-22(24)19-27-25(30)26(23-10-5-4-6-11-23)14-16-28(17-15-26)21(3)29/h4-12,20H,13-19H2,1-3H3,(H,27,30). The summed E-state index contributed by atoms with van der Waals surface area (Å²) in [6, 6.07) is 17.8. The van der Waals surface area contributed by atoms with Crippen molar-refractivity contribution in [2.45, 2.75) is 52.0 Å². The number of hydrogen-bond acceptors (Lipinski definition) is 3. The van der Waals surface area contributed by atoms with Gasteiger partial charge in [-0.15, -0.1) is 0 Å². The van der Waals surface area contributed by atoms with Gasteiger partial charge in [-0.25, -0.2) is 0 Å². The molecule has 166 valence electrons. The number of carbonyl (C=O) groups is 2. The summed E-state index contributed by atoms with van der Waals surface area (Å²) in [7, 11) is 0. The predicted molar refractivity (Wildman–Crippen MR) is 123 cm³/mol. The fourth-order valence-electron chi connectivity index (χ4n) is 4.15. The van der Waals surface area contributed by atoms with Crippen molar-refractivity contribution in [2.75, 3.05) is 19.7 Å². The molecule has 0 atom stereocenters. The van der Waals surface area contributed by atoms with E-state index in [4.69, 9.17) is 4.74 Å². The Morgan fingerprint density at radius 3 is 2.32 bits per heavy atom. The Balaban J connectivity index is 1.73. The molecule has 0 spiro atoms. The van der Waals surface area contributed by atoms with E-state index in [1.165, 1.54) is 0 Å². The van der Waals surface area contributed by atoms with Crippen molar-refractivity contribution in [1.29, 1.82) is 0 Å². The molecule has 2 amide bonds. The van der Waals surface area contributed by atoms with Crippen LogP contribution in [-0.4, -0.2) is 36.4 Å². The van der Waals surface area contributed by atoms with Gasteiger partial charge in [-0.2, -0.15) is 0 Å². The van der Waals surface area contributed by atoms with Crippen molar-refractivity contribution in [3.8, 4) is 5.75 Å². The van der Waals surface area contributed by atoms with E-state index in [0.717, 1.165) is 23.3 Å². The minimum absolute atomic E-state index is 0.0129. The summed E-state index contributed by atoms with van der Waals surface area (Å²) in [5.74, 6) is 1.48. The topological polar surface area (TPSA) is 58.6 Å². The van der Waals surface area contributed by atoms with Crippen LogP contribution in [0.3, 0.4) is 0 Å². The molecule has 0 saturated carbocycles. The highest BCUT2D eigenvalue weighted by Gasteiger charge is 2.43. The molecule has 3 rings (SSSR count). The number of nitrogens with zero attached hydrogens (tertiary/aromatic N) is 1. The van der Waals surface area contributed by atoms with Crippen LogP contribution in [0.15, 0.2) is 54.6 Å². The van der Waals surface area contributed by atoms with E-state index in [-0.39, 0.29) is 11.8 Å². The van der Waals surface area contributed by atoms with E-state index in [1.54, 1.807) is 6.92 Å². The van der Waals surface area contributed by atoms with Crippen molar-refractivity contribution in [3.05, 3.63) is 65.7 Å². The lowest BCUT2D eigenvalue weighted by molar-refractivity contribution is -0.135. The van der Waals surface area contributed by atoms with Crippen LogP contribution in [0.4, 0.5) is 0 Å². The number of hydrogen-bond donors (Lipinski definition) is 1. The van der Waals surface area contributed by atoms with Crippen LogP contribution in [0.25, 0.3) is 0 Å². The van der Waals surface area contributed by atoms with Gasteiger partial charge in [0.15, 0.2) is 0 Å². The van der Waals surface area contributed by atoms with Crippen molar-refractivity contribution >= 4 is 11.8 Å². The first kappa shape index (κ1) is 22.9. The molecule has 1 fully saturated rings.